The van der Waals surface area contributed by atoms with Crippen LogP contribution < -0.4 is 5.32 Å². The number of rotatable bonds is 5. The topological polar surface area (TPSA) is 63.2 Å². The molecule has 5 heteroatoms. The van der Waals surface area contributed by atoms with Crippen LogP contribution in [-0.4, -0.2) is 24.0 Å². The lowest BCUT2D eigenvalue weighted by Crippen LogP contribution is -2.27. The number of benzene rings is 1. The van der Waals surface area contributed by atoms with Crippen molar-refractivity contribution in [1.29, 1.82) is 0 Å². The number of ketones is 2. The van der Waals surface area contributed by atoms with Crippen LogP contribution in [0.3, 0.4) is 0 Å². The molecular weight excluding hydrogens is 338 g/mol. The van der Waals surface area contributed by atoms with Crippen molar-refractivity contribution in [2.24, 2.45) is 5.92 Å². The van der Waals surface area contributed by atoms with Gasteiger partial charge in [-0.25, -0.2) is 0 Å². The molecule has 1 fully saturated rings. The highest BCUT2D eigenvalue weighted by molar-refractivity contribution is 6.30. The van der Waals surface area contributed by atoms with Crippen molar-refractivity contribution in [2.75, 3.05) is 6.54 Å². The molecule has 2 unspecified atom stereocenters. The normalized spacial score (nSPS) is 20.9. The summed E-state index contributed by atoms with van der Waals surface area (Å²) in [7, 11) is 0. The van der Waals surface area contributed by atoms with Crippen molar-refractivity contribution in [1.82, 2.24) is 5.32 Å². The zero-order valence-electron chi connectivity index (χ0n) is 15.1. The Bertz CT molecular complexity index is 728. The lowest BCUT2D eigenvalue weighted by molar-refractivity contribution is -0.125. The SMILES string of the molecule is C/C=C(\C)C(=O)NCCC1CC(=O)C(c2c(C)cc(Cl)cc2C)C1=O. The Morgan fingerprint density at radius 2 is 1.88 bits per heavy atom. The summed E-state index contributed by atoms with van der Waals surface area (Å²) >= 11 is 6.05. The summed E-state index contributed by atoms with van der Waals surface area (Å²) in [6.45, 7) is 7.68. The smallest absolute Gasteiger partial charge is 0.246 e. The second-order valence-corrected chi connectivity index (χ2v) is 7.11. The van der Waals surface area contributed by atoms with E-state index in [9.17, 15) is 14.4 Å². The van der Waals surface area contributed by atoms with Crippen LogP contribution >= 0.6 is 11.6 Å². The molecule has 1 amide bonds. The molecule has 0 radical (unpaired) electrons. The lowest BCUT2D eigenvalue weighted by Gasteiger charge is -2.16. The number of hydrogen-bond donors (Lipinski definition) is 1. The number of halogens is 1. The van der Waals surface area contributed by atoms with Crippen molar-refractivity contribution in [2.45, 2.75) is 46.5 Å². The van der Waals surface area contributed by atoms with E-state index in [4.69, 9.17) is 11.6 Å². The number of hydrogen-bond acceptors (Lipinski definition) is 3. The zero-order valence-corrected chi connectivity index (χ0v) is 15.9. The molecule has 1 aromatic rings. The van der Waals surface area contributed by atoms with Gasteiger partial charge in [0, 0.05) is 29.5 Å². The van der Waals surface area contributed by atoms with E-state index in [-0.39, 0.29) is 29.8 Å². The van der Waals surface area contributed by atoms with Gasteiger partial charge >= 0.3 is 0 Å². The maximum atomic E-state index is 12.8. The number of aryl methyl sites for hydroxylation is 2. The second-order valence-electron chi connectivity index (χ2n) is 6.67. The van der Waals surface area contributed by atoms with Gasteiger partial charge < -0.3 is 5.32 Å². The van der Waals surface area contributed by atoms with Gasteiger partial charge in [-0.15, -0.1) is 0 Å². The molecule has 2 rings (SSSR count). The highest BCUT2D eigenvalue weighted by Gasteiger charge is 2.42. The number of amides is 1. The summed E-state index contributed by atoms with van der Waals surface area (Å²) in [6.07, 6.45) is 2.46. The zero-order chi connectivity index (χ0) is 18.7. The van der Waals surface area contributed by atoms with Crippen molar-refractivity contribution in [3.05, 3.63) is 45.5 Å². The molecule has 0 saturated heterocycles. The second kappa shape index (κ2) is 7.96. The van der Waals surface area contributed by atoms with Crippen molar-refractivity contribution in [3.63, 3.8) is 0 Å². The first-order valence-corrected chi connectivity index (χ1v) is 8.88. The Hall–Kier alpha value is -1.94. The summed E-state index contributed by atoms with van der Waals surface area (Å²) < 4.78 is 0. The minimum absolute atomic E-state index is 0.0421. The van der Waals surface area contributed by atoms with Gasteiger partial charge in [0.1, 0.15) is 11.7 Å². The van der Waals surface area contributed by atoms with E-state index in [1.807, 2.05) is 13.8 Å². The first-order valence-electron chi connectivity index (χ1n) is 8.50. The maximum absolute atomic E-state index is 12.8. The Balaban J connectivity index is 2.09. The van der Waals surface area contributed by atoms with E-state index in [1.165, 1.54) is 0 Å². The highest BCUT2D eigenvalue weighted by atomic mass is 35.5. The van der Waals surface area contributed by atoms with Gasteiger partial charge in [-0.1, -0.05) is 17.7 Å². The van der Waals surface area contributed by atoms with E-state index in [0.717, 1.165) is 16.7 Å². The molecule has 134 valence electrons. The van der Waals surface area contributed by atoms with Gasteiger partial charge in [0.15, 0.2) is 5.78 Å². The fourth-order valence-electron chi connectivity index (χ4n) is 3.41. The van der Waals surface area contributed by atoms with E-state index in [0.29, 0.717) is 23.6 Å². The first kappa shape index (κ1) is 19.4. The Kier molecular flexibility index (Phi) is 6.17. The summed E-state index contributed by atoms with van der Waals surface area (Å²) in [5.41, 5.74) is 3.17. The average Bonchev–Trinajstić information content (AvgIpc) is 2.81. The maximum Gasteiger partial charge on any atom is 0.246 e. The van der Waals surface area contributed by atoms with Crippen LogP contribution in [0.2, 0.25) is 5.02 Å². The fourth-order valence-corrected chi connectivity index (χ4v) is 3.74. The predicted octanol–water partition coefficient (Wildman–Crippen LogP) is 3.67. The van der Waals surface area contributed by atoms with Crippen LogP contribution in [0.1, 0.15) is 49.3 Å². The third-order valence-corrected chi connectivity index (χ3v) is 5.09. The van der Waals surface area contributed by atoms with Gasteiger partial charge in [-0.2, -0.15) is 0 Å². The molecule has 0 spiro atoms. The number of carbonyl (C=O) groups excluding carboxylic acids is 3. The Morgan fingerprint density at radius 1 is 1.28 bits per heavy atom. The first-order chi connectivity index (χ1) is 11.8. The Morgan fingerprint density at radius 3 is 2.44 bits per heavy atom. The molecular formula is C20H24ClNO3. The third kappa shape index (κ3) is 4.18. The summed E-state index contributed by atoms with van der Waals surface area (Å²) in [5, 5.41) is 3.40. The van der Waals surface area contributed by atoms with E-state index >= 15 is 0 Å². The van der Waals surface area contributed by atoms with Crippen LogP contribution in [0.5, 0.6) is 0 Å². The molecule has 1 N–H and O–H groups in total. The van der Waals surface area contributed by atoms with E-state index < -0.39 is 5.92 Å². The molecule has 1 aromatic carbocycles. The molecule has 2 atom stereocenters. The van der Waals surface area contributed by atoms with Crippen LogP contribution in [0.4, 0.5) is 0 Å². The van der Waals surface area contributed by atoms with E-state index in [2.05, 4.69) is 5.32 Å². The summed E-state index contributed by atoms with van der Waals surface area (Å²) in [5.74, 6) is -1.26. The lowest BCUT2D eigenvalue weighted by atomic mass is 9.87. The monoisotopic (exact) mass is 361 g/mol. The van der Waals surface area contributed by atoms with Crippen LogP contribution in [0.15, 0.2) is 23.8 Å². The van der Waals surface area contributed by atoms with Gasteiger partial charge in [-0.05, 0) is 62.9 Å². The molecule has 4 nitrogen and oxygen atoms in total. The number of nitrogens with one attached hydrogen (secondary N) is 1. The molecule has 1 aliphatic carbocycles. The van der Waals surface area contributed by atoms with Crippen LogP contribution in [0, 0.1) is 19.8 Å². The number of Topliss-reactive ketones (excluding diaryl/α,β-unsaturated/α-hetero) is 2. The third-order valence-electron chi connectivity index (χ3n) is 4.87. The standard InChI is InChI=1S/C20H24ClNO3/c1-5-11(2)20(25)22-7-6-14-10-16(23)18(19(14)24)17-12(3)8-15(21)9-13(17)4/h5,8-9,14,18H,6-7,10H2,1-4H3,(H,22,25)/b11-5+. The minimum atomic E-state index is -0.699. The highest BCUT2D eigenvalue weighted by Crippen LogP contribution is 2.37. The van der Waals surface area contributed by atoms with Gasteiger partial charge in [0.05, 0.1) is 0 Å². The summed E-state index contributed by atoms with van der Waals surface area (Å²) in [6, 6.07) is 3.58. The molecule has 25 heavy (non-hydrogen) atoms. The molecule has 0 bridgehead atoms. The molecule has 1 aliphatic rings. The average molecular weight is 362 g/mol. The van der Waals surface area contributed by atoms with Gasteiger partial charge in [0.2, 0.25) is 5.91 Å². The summed E-state index contributed by atoms with van der Waals surface area (Å²) in [4.78, 5) is 37.0. The largest absolute Gasteiger partial charge is 0.352 e. The predicted molar refractivity (Wildman–Crippen MR) is 98.8 cm³/mol. The number of carbonyl (C=O) groups is 3. The van der Waals surface area contributed by atoms with Crippen molar-refractivity contribution >= 4 is 29.1 Å². The van der Waals surface area contributed by atoms with Gasteiger partial charge in [0.25, 0.3) is 0 Å². The van der Waals surface area contributed by atoms with Crippen LogP contribution in [0.25, 0.3) is 0 Å². The Labute approximate surface area is 153 Å². The van der Waals surface area contributed by atoms with Crippen molar-refractivity contribution in [3.8, 4) is 0 Å². The molecule has 0 aliphatic heterocycles. The minimum Gasteiger partial charge on any atom is -0.352 e. The molecule has 0 aromatic heterocycles. The quantitative estimate of drug-likeness (QED) is 0.642. The molecule has 1 saturated carbocycles. The van der Waals surface area contributed by atoms with Crippen LogP contribution in [-0.2, 0) is 14.4 Å². The van der Waals surface area contributed by atoms with Crippen molar-refractivity contribution < 1.29 is 14.4 Å². The van der Waals surface area contributed by atoms with Gasteiger partial charge in [-0.3, -0.25) is 14.4 Å². The fraction of sp³-hybridized carbons (Fsp3) is 0.450. The van der Waals surface area contributed by atoms with E-state index in [1.54, 1.807) is 32.1 Å². The number of allylic oxidation sites excluding steroid dienone is 1. The molecule has 0 heterocycles.